The third kappa shape index (κ3) is 4.54. The minimum Gasteiger partial charge on any atom is -0.447 e. The Morgan fingerprint density at radius 3 is 2.42 bits per heavy atom. The number of aliphatic hydroxyl groups is 1. The zero-order chi connectivity index (χ0) is 22.0. The molecule has 0 radical (unpaired) electrons. The van der Waals surface area contributed by atoms with Gasteiger partial charge in [-0.3, -0.25) is 14.5 Å². The first-order valence-electron chi connectivity index (χ1n) is 10.3. The second-order valence-corrected chi connectivity index (χ2v) is 7.84. The van der Waals surface area contributed by atoms with Crippen LogP contribution in [-0.4, -0.2) is 55.5 Å². The van der Waals surface area contributed by atoms with Crippen molar-refractivity contribution in [3.63, 3.8) is 0 Å². The summed E-state index contributed by atoms with van der Waals surface area (Å²) in [5, 5.41) is 12.5. The SMILES string of the molecule is CC(=O)NCC1COC(=O)N1c1ccc(-c2ccc(N3CCC(O)C3)c(=O)cc2)cc1. The van der Waals surface area contributed by atoms with Crippen molar-refractivity contribution in [3.05, 3.63) is 58.8 Å². The van der Waals surface area contributed by atoms with Crippen molar-refractivity contribution >= 4 is 23.4 Å². The van der Waals surface area contributed by atoms with Crippen LogP contribution in [-0.2, 0) is 9.53 Å². The topological polar surface area (TPSA) is 99.2 Å². The molecular weight excluding hydrogens is 398 g/mol. The van der Waals surface area contributed by atoms with Gasteiger partial charge in [0.25, 0.3) is 0 Å². The van der Waals surface area contributed by atoms with Crippen LogP contribution in [0.1, 0.15) is 13.3 Å². The molecule has 0 saturated carbocycles. The number of nitrogens with zero attached hydrogens (tertiary/aromatic N) is 2. The van der Waals surface area contributed by atoms with Gasteiger partial charge in [-0.25, -0.2) is 4.79 Å². The van der Waals surface area contributed by atoms with Crippen LogP contribution in [0.4, 0.5) is 16.2 Å². The third-order valence-electron chi connectivity index (χ3n) is 5.62. The second kappa shape index (κ2) is 8.77. The Balaban J connectivity index is 1.55. The molecule has 162 valence electrons. The molecule has 2 aliphatic rings. The Morgan fingerprint density at radius 2 is 1.77 bits per heavy atom. The predicted molar refractivity (Wildman–Crippen MR) is 117 cm³/mol. The van der Waals surface area contributed by atoms with Gasteiger partial charge in [0.15, 0.2) is 0 Å². The van der Waals surface area contributed by atoms with Gasteiger partial charge < -0.3 is 20.1 Å². The summed E-state index contributed by atoms with van der Waals surface area (Å²) in [5.41, 5.74) is 2.95. The molecule has 2 N–H and O–H groups in total. The van der Waals surface area contributed by atoms with E-state index in [1.807, 2.05) is 35.2 Å². The van der Waals surface area contributed by atoms with Gasteiger partial charge in [-0.15, -0.1) is 0 Å². The zero-order valence-electron chi connectivity index (χ0n) is 17.3. The molecule has 2 saturated heterocycles. The van der Waals surface area contributed by atoms with E-state index in [1.165, 1.54) is 11.8 Å². The number of hydrogen-bond acceptors (Lipinski definition) is 6. The van der Waals surface area contributed by atoms with E-state index in [0.717, 1.165) is 11.1 Å². The molecule has 0 spiro atoms. The standard InChI is InChI=1S/C23H25N3O5/c1-15(27)24-12-19-14-31-23(30)26(19)18-6-2-16(3-7-18)17-4-8-21(22(29)9-5-17)25-11-10-20(28)13-25/h2-9,19-20,28H,10-14H2,1H3,(H,24,27). The molecule has 2 aromatic rings. The first-order chi connectivity index (χ1) is 14.9. The number of hydrogen-bond donors (Lipinski definition) is 2. The van der Waals surface area contributed by atoms with Gasteiger partial charge in [0, 0.05) is 32.2 Å². The van der Waals surface area contributed by atoms with Gasteiger partial charge in [-0.2, -0.15) is 0 Å². The Morgan fingerprint density at radius 1 is 1.10 bits per heavy atom. The predicted octanol–water partition coefficient (Wildman–Crippen LogP) is 1.75. The number of anilines is 2. The van der Waals surface area contributed by atoms with Crippen LogP contribution < -0.4 is 20.5 Å². The van der Waals surface area contributed by atoms with Crippen LogP contribution in [0.25, 0.3) is 11.1 Å². The van der Waals surface area contributed by atoms with E-state index in [9.17, 15) is 19.5 Å². The number of aliphatic hydroxyl groups excluding tert-OH is 1. The lowest BCUT2D eigenvalue weighted by Gasteiger charge is -2.21. The van der Waals surface area contributed by atoms with Gasteiger partial charge in [-0.05, 0) is 41.8 Å². The summed E-state index contributed by atoms with van der Waals surface area (Å²) in [6.45, 7) is 3.10. The van der Waals surface area contributed by atoms with Crippen molar-refractivity contribution in [1.82, 2.24) is 5.32 Å². The quantitative estimate of drug-likeness (QED) is 0.760. The highest BCUT2D eigenvalue weighted by Crippen LogP contribution is 2.27. The second-order valence-electron chi connectivity index (χ2n) is 7.84. The normalized spacial score (nSPS) is 20.6. The summed E-state index contributed by atoms with van der Waals surface area (Å²) >= 11 is 0. The number of nitrogens with one attached hydrogen (secondary N) is 1. The Hall–Kier alpha value is -3.39. The molecule has 2 aromatic carbocycles. The van der Waals surface area contributed by atoms with Crippen LogP contribution in [0.5, 0.6) is 0 Å². The molecule has 0 bridgehead atoms. The average Bonchev–Trinajstić information content (AvgIpc) is 3.28. The van der Waals surface area contributed by atoms with Crippen LogP contribution in [0.3, 0.4) is 0 Å². The molecule has 31 heavy (non-hydrogen) atoms. The number of cyclic esters (lactones) is 1. The van der Waals surface area contributed by atoms with Crippen LogP contribution in [0, 0.1) is 0 Å². The number of amides is 2. The molecule has 8 nitrogen and oxygen atoms in total. The largest absolute Gasteiger partial charge is 0.447 e. The van der Waals surface area contributed by atoms with Gasteiger partial charge in [-0.1, -0.05) is 24.3 Å². The number of benzene rings is 1. The van der Waals surface area contributed by atoms with E-state index in [0.29, 0.717) is 37.4 Å². The molecule has 2 fully saturated rings. The maximum atomic E-state index is 12.5. The maximum Gasteiger partial charge on any atom is 0.414 e. The summed E-state index contributed by atoms with van der Waals surface area (Å²) in [4.78, 5) is 39.3. The summed E-state index contributed by atoms with van der Waals surface area (Å²) < 4.78 is 5.15. The fourth-order valence-corrected chi connectivity index (χ4v) is 3.97. The van der Waals surface area contributed by atoms with Crippen LogP contribution in [0.15, 0.2) is 53.3 Å². The lowest BCUT2D eigenvalue weighted by atomic mass is 10.1. The minimum atomic E-state index is -0.442. The van der Waals surface area contributed by atoms with Gasteiger partial charge >= 0.3 is 6.09 Å². The summed E-state index contributed by atoms with van der Waals surface area (Å²) in [6.07, 6.45) is -0.180. The van der Waals surface area contributed by atoms with E-state index in [-0.39, 0.29) is 24.0 Å². The molecule has 0 aliphatic carbocycles. The van der Waals surface area contributed by atoms with Gasteiger partial charge in [0.1, 0.15) is 6.61 Å². The van der Waals surface area contributed by atoms with Gasteiger partial charge in [0.05, 0.1) is 17.8 Å². The highest BCUT2D eigenvalue weighted by atomic mass is 16.6. The average molecular weight is 423 g/mol. The number of β-amino-alcohol motifs (C(OH)–C–C–N with tert-alkyl or cyclic N) is 1. The Bertz CT molecular complexity index is 1040. The molecule has 2 aliphatic heterocycles. The van der Waals surface area contributed by atoms with E-state index in [2.05, 4.69) is 5.32 Å². The molecule has 2 heterocycles. The maximum absolute atomic E-state index is 12.5. The zero-order valence-corrected chi connectivity index (χ0v) is 17.3. The van der Waals surface area contributed by atoms with E-state index >= 15 is 0 Å². The molecule has 8 heteroatoms. The summed E-state index contributed by atoms with van der Waals surface area (Å²) in [5.74, 6) is -0.160. The highest BCUT2D eigenvalue weighted by Gasteiger charge is 2.34. The third-order valence-corrected chi connectivity index (χ3v) is 5.62. The number of rotatable bonds is 5. The first kappa shape index (κ1) is 20.9. The fourth-order valence-electron chi connectivity index (χ4n) is 3.97. The molecule has 0 aromatic heterocycles. The Kier molecular flexibility index (Phi) is 5.90. The van der Waals surface area contributed by atoms with Crippen LogP contribution in [0.2, 0.25) is 0 Å². The van der Waals surface area contributed by atoms with Crippen LogP contribution >= 0.6 is 0 Å². The number of carbonyl (C=O) groups is 2. The van der Waals surface area contributed by atoms with E-state index < -0.39 is 12.2 Å². The number of carbonyl (C=O) groups excluding carboxylic acids is 2. The van der Waals surface area contributed by atoms with Crippen molar-refractivity contribution in [3.8, 4) is 11.1 Å². The molecule has 2 atom stereocenters. The van der Waals surface area contributed by atoms with Gasteiger partial charge in [0.2, 0.25) is 11.3 Å². The van der Waals surface area contributed by atoms with E-state index in [1.54, 1.807) is 18.2 Å². The fraction of sp³-hybridized carbons (Fsp3) is 0.348. The first-order valence-corrected chi connectivity index (χ1v) is 10.3. The Labute approximate surface area is 180 Å². The molecule has 2 unspecified atom stereocenters. The van der Waals surface area contributed by atoms with Crippen molar-refractivity contribution in [2.45, 2.75) is 25.5 Å². The summed E-state index contributed by atoms with van der Waals surface area (Å²) in [6, 6.07) is 14.2. The lowest BCUT2D eigenvalue weighted by molar-refractivity contribution is -0.119. The highest BCUT2D eigenvalue weighted by molar-refractivity contribution is 5.91. The summed E-state index contributed by atoms with van der Waals surface area (Å²) in [7, 11) is 0. The minimum absolute atomic E-state index is 0.0856. The number of ether oxygens (including phenoxy) is 1. The van der Waals surface area contributed by atoms with E-state index in [4.69, 9.17) is 4.74 Å². The van der Waals surface area contributed by atoms with Crippen molar-refractivity contribution in [1.29, 1.82) is 0 Å². The lowest BCUT2D eigenvalue weighted by Crippen LogP contribution is -2.42. The monoisotopic (exact) mass is 423 g/mol. The molecular formula is C23H25N3O5. The smallest absolute Gasteiger partial charge is 0.414 e. The molecule has 2 amide bonds. The van der Waals surface area contributed by atoms with Crippen molar-refractivity contribution in [2.24, 2.45) is 0 Å². The molecule has 4 rings (SSSR count). The van der Waals surface area contributed by atoms with Crippen molar-refractivity contribution < 1.29 is 19.4 Å². The van der Waals surface area contributed by atoms with Crippen molar-refractivity contribution in [2.75, 3.05) is 36.0 Å².